The summed E-state index contributed by atoms with van der Waals surface area (Å²) in [5.41, 5.74) is 6.17. The molecule has 33 heavy (non-hydrogen) atoms. The maximum Gasteiger partial charge on any atom is 0.276 e. The Bertz CT molecular complexity index is 1540. The van der Waals surface area contributed by atoms with Gasteiger partial charge in [0.05, 0.1) is 16.7 Å². The van der Waals surface area contributed by atoms with Gasteiger partial charge in [-0.3, -0.25) is 9.59 Å². The molecule has 0 aliphatic carbocycles. The van der Waals surface area contributed by atoms with Crippen LogP contribution in [-0.4, -0.2) is 38.8 Å². The first-order valence-corrected chi connectivity index (χ1v) is 12.1. The van der Waals surface area contributed by atoms with E-state index >= 15 is 0 Å². The van der Waals surface area contributed by atoms with Crippen molar-refractivity contribution in [1.29, 1.82) is 0 Å². The second-order valence-electron chi connectivity index (χ2n) is 8.50. The van der Waals surface area contributed by atoms with E-state index in [1.807, 2.05) is 52.1 Å². The van der Waals surface area contributed by atoms with Gasteiger partial charge in [0, 0.05) is 40.3 Å². The molecule has 1 aliphatic heterocycles. The molecule has 7 heteroatoms. The Morgan fingerprint density at radius 1 is 0.879 bits per heavy atom. The zero-order valence-corrected chi connectivity index (χ0v) is 18.7. The van der Waals surface area contributed by atoms with E-state index in [0.717, 1.165) is 64.6 Å². The average molecular weight is 455 g/mol. The van der Waals surface area contributed by atoms with Gasteiger partial charge in [0.15, 0.2) is 5.69 Å². The normalized spacial score (nSPS) is 14.2. The summed E-state index contributed by atoms with van der Waals surface area (Å²) < 4.78 is 0. The van der Waals surface area contributed by atoms with Crippen LogP contribution in [0.15, 0.2) is 64.1 Å². The fraction of sp³-hybridized carbons (Fsp3) is 0.192. The molecular formula is C26H22N4O2S. The fourth-order valence-electron chi connectivity index (χ4n) is 4.52. The first kappa shape index (κ1) is 19.9. The molecule has 2 aromatic carbocycles. The molecule has 0 atom stereocenters. The number of aromatic nitrogens is 3. The van der Waals surface area contributed by atoms with Gasteiger partial charge in [0.25, 0.3) is 11.5 Å². The lowest BCUT2D eigenvalue weighted by Gasteiger charge is -2.26. The van der Waals surface area contributed by atoms with Crippen molar-refractivity contribution in [2.24, 2.45) is 0 Å². The van der Waals surface area contributed by atoms with Gasteiger partial charge in [-0.25, -0.2) is 4.98 Å². The smallest absolute Gasteiger partial charge is 0.276 e. The Hall–Kier alpha value is -3.71. The van der Waals surface area contributed by atoms with Crippen LogP contribution in [0.2, 0.25) is 0 Å². The third-order valence-electron chi connectivity index (χ3n) is 6.32. The molecule has 2 N–H and O–H groups in total. The molecule has 5 aromatic rings. The third kappa shape index (κ3) is 3.64. The largest absolute Gasteiger partial charge is 0.353 e. The summed E-state index contributed by atoms with van der Waals surface area (Å²) in [6.07, 6.45) is 3.38. The zero-order chi connectivity index (χ0) is 22.4. The van der Waals surface area contributed by atoms with Gasteiger partial charge in [0.2, 0.25) is 0 Å². The monoisotopic (exact) mass is 454 g/mol. The van der Waals surface area contributed by atoms with Crippen LogP contribution < -0.4 is 5.56 Å². The summed E-state index contributed by atoms with van der Waals surface area (Å²) in [6.45, 7) is 1.70. The molecule has 0 radical (unpaired) electrons. The summed E-state index contributed by atoms with van der Waals surface area (Å²) in [5.74, 6) is 0.117. The Kier molecular flexibility index (Phi) is 4.84. The minimum atomic E-state index is -0.207. The molecule has 4 heterocycles. The minimum Gasteiger partial charge on any atom is -0.353 e. The first-order valence-electron chi connectivity index (χ1n) is 11.1. The molecule has 164 valence electrons. The van der Waals surface area contributed by atoms with Crippen LogP contribution in [0.4, 0.5) is 0 Å². The molecule has 0 spiro atoms. The number of hydrogen-bond donors (Lipinski definition) is 2. The highest BCUT2D eigenvalue weighted by molar-refractivity contribution is 7.09. The predicted octanol–water partition coefficient (Wildman–Crippen LogP) is 5.43. The molecule has 0 saturated carbocycles. The number of amides is 1. The van der Waals surface area contributed by atoms with Crippen LogP contribution in [-0.2, 0) is 0 Å². The van der Waals surface area contributed by atoms with Crippen LogP contribution in [0, 0.1) is 0 Å². The van der Waals surface area contributed by atoms with Gasteiger partial charge in [-0.05, 0) is 54.7 Å². The molecular weight excluding hydrogens is 432 g/mol. The van der Waals surface area contributed by atoms with Crippen molar-refractivity contribution < 1.29 is 4.79 Å². The number of fused-ring (bicyclic) bond motifs is 2. The Morgan fingerprint density at radius 3 is 2.48 bits per heavy atom. The quantitative estimate of drug-likeness (QED) is 0.382. The van der Waals surface area contributed by atoms with Crippen molar-refractivity contribution >= 4 is 39.2 Å². The lowest BCUT2D eigenvalue weighted by atomic mass is 10.0. The van der Waals surface area contributed by atoms with E-state index in [0.29, 0.717) is 11.4 Å². The number of nitrogens with one attached hydrogen (secondary N) is 2. The SMILES string of the molecule is O=C(c1ccc(-c2ccc3cc(-c4nc5cscc5[nH]c4=O)[nH]c3c2)cc1)N1CCCCC1. The van der Waals surface area contributed by atoms with E-state index in [4.69, 9.17) is 0 Å². The van der Waals surface area contributed by atoms with E-state index in [2.05, 4.69) is 27.1 Å². The summed E-state index contributed by atoms with van der Waals surface area (Å²) in [5, 5.41) is 4.82. The summed E-state index contributed by atoms with van der Waals surface area (Å²) >= 11 is 1.51. The van der Waals surface area contributed by atoms with Crippen molar-refractivity contribution in [3.05, 3.63) is 75.2 Å². The lowest BCUT2D eigenvalue weighted by molar-refractivity contribution is 0.0724. The van der Waals surface area contributed by atoms with Crippen molar-refractivity contribution in [3.8, 4) is 22.5 Å². The highest BCUT2D eigenvalue weighted by Crippen LogP contribution is 2.28. The van der Waals surface area contributed by atoms with Crippen LogP contribution >= 0.6 is 11.3 Å². The van der Waals surface area contributed by atoms with Gasteiger partial charge in [-0.15, -0.1) is 11.3 Å². The van der Waals surface area contributed by atoms with Crippen LogP contribution in [0.3, 0.4) is 0 Å². The maximum atomic E-state index is 12.7. The van der Waals surface area contributed by atoms with Gasteiger partial charge >= 0.3 is 0 Å². The Balaban J connectivity index is 1.30. The molecule has 6 rings (SSSR count). The van der Waals surface area contributed by atoms with Gasteiger partial charge in [0.1, 0.15) is 0 Å². The van der Waals surface area contributed by atoms with Crippen LogP contribution in [0.5, 0.6) is 0 Å². The predicted molar refractivity (Wildman–Crippen MR) is 133 cm³/mol. The van der Waals surface area contributed by atoms with Gasteiger partial charge in [-0.2, -0.15) is 0 Å². The highest BCUT2D eigenvalue weighted by Gasteiger charge is 2.18. The van der Waals surface area contributed by atoms with E-state index in [1.54, 1.807) is 0 Å². The van der Waals surface area contributed by atoms with Gasteiger partial charge < -0.3 is 14.9 Å². The topological polar surface area (TPSA) is 81.8 Å². The number of H-pyrrole nitrogens is 2. The first-order chi connectivity index (χ1) is 16.2. The summed E-state index contributed by atoms with van der Waals surface area (Å²) in [6, 6.07) is 15.9. The fourth-order valence-corrected chi connectivity index (χ4v) is 5.22. The number of carbonyl (C=O) groups is 1. The second kappa shape index (κ2) is 8.01. The summed E-state index contributed by atoms with van der Waals surface area (Å²) in [7, 11) is 0. The number of rotatable bonds is 3. The molecule has 3 aromatic heterocycles. The lowest BCUT2D eigenvalue weighted by Crippen LogP contribution is -2.35. The Morgan fingerprint density at radius 2 is 1.67 bits per heavy atom. The van der Waals surface area contributed by atoms with Crippen molar-refractivity contribution in [2.45, 2.75) is 19.3 Å². The maximum absolute atomic E-state index is 12.7. The van der Waals surface area contributed by atoms with Crippen molar-refractivity contribution in [3.63, 3.8) is 0 Å². The van der Waals surface area contributed by atoms with Gasteiger partial charge in [-0.1, -0.05) is 24.3 Å². The number of likely N-dealkylation sites (tertiary alicyclic amines) is 1. The standard InChI is InChI=1S/C26H22N4O2S/c31-25-24(28-22-14-33-15-23(22)29-25)21-13-19-9-8-18(12-20(19)27-21)16-4-6-17(7-5-16)26(32)30-10-2-1-3-11-30/h4-9,12-15,27H,1-3,10-11H2,(H,29,31). The zero-order valence-electron chi connectivity index (χ0n) is 17.9. The molecule has 1 fully saturated rings. The molecule has 1 amide bonds. The number of carbonyl (C=O) groups excluding carboxylic acids is 1. The summed E-state index contributed by atoms with van der Waals surface area (Å²) in [4.78, 5) is 38.0. The third-order valence-corrected chi connectivity index (χ3v) is 7.05. The van der Waals surface area contributed by atoms with Crippen LogP contribution in [0.25, 0.3) is 44.5 Å². The number of benzene rings is 2. The number of thiophene rings is 1. The number of aromatic amines is 2. The second-order valence-corrected chi connectivity index (χ2v) is 9.24. The van der Waals surface area contributed by atoms with E-state index < -0.39 is 0 Å². The molecule has 0 bridgehead atoms. The van der Waals surface area contributed by atoms with Crippen LogP contribution in [0.1, 0.15) is 29.6 Å². The average Bonchev–Trinajstić information content (AvgIpc) is 3.49. The number of nitrogens with zero attached hydrogens (tertiary/aromatic N) is 2. The van der Waals surface area contributed by atoms with Crippen molar-refractivity contribution in [2.75, 3.05) is 13.1 Å². The Labute approximate surface area is 193 Å². The molecule has 1 aliphatic rings. The van der Waals surface area contributed by atoms with E-state index in [9.17, 15) is 9.59 Å². The minimum absolute atomic E-state index is 0.117. The molecule has 6 nitrogen and oxygen atoms in total. The molecule has 0 unspecified atom stereocenters. The number of hydrogen-bond acceptors (Lipinski definition) is 4. The number of piperidine rings is 1. The highest BCUT2D eigenvalue weighted by atomic mass is 32.1. The van der Waals surface area contributed by atoms with E-state index in [-0.39, 0.29) is 11.5 Å². The van der Waals surface area contributed by atoms with E-state index in [1.165, 1.54) is 17.8 Å². The van der Waals surface area contributed by atoms with Crippen molar-refractivity contribution in [1.82, 2.24) is 19.9 Å². The molecule has 1 saturated heterocycles.